The lowest BCUT2D eigenvalue weighted by molar-refractivity contribution is 0.467. The summed E-state index contributed by atoms with van der Waals surface area (Å²) in [6.45, 7) is 9.78. The summed E-state index contributed by atoms with van der Waals surface area (Å²) in [6.07, 6.45) is 0. The molecular formula is C16H19IN2O2. The molecule has 112 valence electrons. The summed E-state index contributed by atoms with van der Waals surface area (Å²) < 4.78 is 0.621. The van der Waals surface area contributed by atoms with Crippen LogP contribution in [-0.2, 0) is 5.41 Å². The quantitative estimate of drug-likeness (QED) is 0.721. The van der Waals surface area contributed by atoms with Crippen LogP contribution in [0.4, 0.5) is 0 Å². The number of nitrogens with zero attached hydrogens (tertiary/aromatic N) is 1. The third-order valence-corrected chi connectivity index (χ3v) is 4.34. The van der Waals surface area contributed by atoms with Crippen molar-refractivity contribution in [1.29, 1.82) is 0 Å². The maximum absolute atomic E-state index is 12.2. The van der Waals surface area contributed by atoms with Crippen LogP contribution in [0.25, 0.3) is 11.4 Å². The van der Waals surface area contributed by atoms with Gasteiger partial charge in [-0.15, -0.1) is 0 Å². The highest BCUT2D eigenvalue weighted by molar-refractivity contribution is 14.1. The van der Waals surface area contributed by atoms with Crippen molar-refractivity contribution in [2.75, 3.05) is 0 Å². The molecule has 2 N–H and O–H groups in total. The van der Waals surface area contributed by atoms with Crippen molar-refractivity contribution in [3.05, 3.63) is 42.9 Å². The van der Waals surface area contributed by atoms with Gasteiger partial charge in [0.25, 0.3) is 5.56 Å². The van der Waals surface area contributed by atoms with Crippen LogP contribution in [0.5, 0.6) is 5.75 Å². The number of halogens is 1. The summed E-state index contributed by atoms with van der Waals surface area (Å²) in [7, 11) is 0. The van der Waals surface area contributed by atoms with Gasteiger partial charge in [-0.3, -0.25) is 4.79 Å². The van der Waals surface area contributed by atoms with Gasteiger partial charge in [0.1, 0.15) is 15.1 Å². The standard InChI is InChI=1S/C16H19IN2O2/c1-8-6-10(7-9(2)12(8)20)14-18-13(16(3,4)5)11(17)15(21)19-14/h6-7,20H,1-5H3,(H,18,19,21). The maximum Gasteiger partial charge on any atom is 0.264 e. The van der Waals surface area contributed by atoms with Gasteiger partial charge in [0.15, 0.2) is 0 Å². The zero-order valence-electron chi connectivity index (χ0n) is 12.8. The Kier molecular flexibility index (Phi) is 4.15. The Morgan fingerprint density at radius 3 is 2.19 bits per heavy atom. The number of hydrogen-bond acceptors (Lipinski definition) is 3. The van der Waals surface area contributed by atoms with Crippen molar-refractivity contribution in [3.63, 3.8) is 0 Å². The van der Waals surface area contributed by atoms with Gasteiger partial charge in [-0.25, -0.2) is 4.98 Å². The van der Waals surface area contributed by atoms with E-state index in [1.165, 1.54) is 0 Å². The van der Waals surface area contributed by atoms with E-state index in [9.17, 15) is 9.90 Å². The Bertz CT molecular complexity index is 735. The van der Waals surface area contributed by atoms with Crippen LogP contribution in [0.15, 0.2) is 16.9 Å². The average Bonchev–Trinajstić information content (AvgIpc) is 2.37. The molecule has 0 fully saturated rings. The number of benzene rings is 1. The number of aromatic hydroxyl groups is 1. The molecule has 1 aromatic carbocycles. The largest absolute Gasteiger partial charge is 0.507 e. The first-order chi connectivity index (χ1) is 9.61. The number of nitrogens with one attached hydrogen (secondary N) is 1. The van der Waals surface area contributed by atoms with Gasteiger partial charge >= 0.3 is 0 Å². The van der Waals surface area contributed by atoms with Crippen molar-refractivity contribution < 1.29 is 5.11 Å². The topological polar surface area (TPSA) is 66.0 Å². The van der Waals surface area contributed by atoms with Gasteiger partial charge in [-0.1, -0.05) is 20.8 Å². The third-order valence-electron chi connectivity index (χ3n) is 3.34. The van der Waals surface area contributed by atoms with Crippen LogP contribution < -0.4 is 5.56 Å². The lowest BCUT2D eigenvalue weighted by atomic mass is 9.92. The van der Waals surface area contributed by atoms with E-state index >= 15 is 0 Å². The molecule has 1 heterocycles. The van der Waals surface area contributed by atoms with Gasteiger partial charge in [0, 0.05) is 11.0 Å². The predicted molar refractivity (Wildman–Crippen MR) is 92.8 cm³/mol. The molecule has 0 radical (unpaired) electrons. The Hall–Kier alpha value is -1.37. The van der Waals surface area contributed by atoms with Gasteiger partial charge in [0.05, 0.1) is 5.69 Å². The first kappa shape index (κ1) is 16.0. The zero-order valence-corrected chi connectivity index (χ0v) is 15.0. The van der Waals surface area contributed by atoms with Crippen LogP contribution in [0.2, 0.25) is 0 Å². The number of H-pyrrole nitrogens is 1. The SMILES string of the molecule is Cc1cc(-c2nc(C(C)(C)C)c(I)c(=O)[nH]2)cc(C)c1O. The molecule has 0 spiro atoms. The fourth-order valence-corrected chi connectivity index (χ4v) is 3.25. The molecule has 1 aromatic heterocycles. The minimum Gasteiger partial charge on any atom is -0.507 e. The molecular weight excluding hydrogens is 379 g/mol. The summed E-state index contributed by atoms with van der Waals surface area (Å²) in [5, 5.41) is 9.87. The minimum atomic E-state index is -0.208. The molecule has 21 heavy (non-hydrogen) atoms. The molecule has 0 unspecified atom stereocenters. The molecule has 2 rings (SSSR count). The van der Waals surface area contributed by atoms with Crippen LogP contribution in [-0.4, -0.2) is 15.1 Å². The van der Waals surface area contributed by atoms with Crippen molar-refractivity contribution in [1.82, 2.24) is 9.97 Å². The summed E-state index contributed by atoms with van der Waals surface area (Å²) in [4.78, 5) is 19.6. The Morgan fingerprint density at radius 1 is 1.19 bits per heavy atom. The lowest BCUT2D eigenvalue weighted by Crippen LogP contribution is -2.24. The highest BCUT2D eigenvalue weighted by Crippen LogP contribution is 2.29. The highest BCUT2D eigenvalue weighted by atomic mass is 127. The van der Waals surface area contributed by atoms with Crippen molar-refractivity contribution in [2.45, 2.75) is 40.0 Å². The van der Waals surface area contributed by atoms with Crippen molar-refractivity contribution in [3.8, 4) is 17.1 Å². The van der Waals surface area contributed by atoms with Gasteiger partial charge < -0.3 is 10.1 Å². The highest BCUT2D eigenvalue weighted by Gasteiger charge is 2.22. The van der Waals surface area contributed by atoms with E-state index in [1.54, 1.807) is 0 Å². The Morgan fingerprint density at radius 2 is 1.71 bits per heavy atom. The monoisotopic (exact) mass is 398 g/mol. The smallest absolute Gasteiger partial charge is 0.264 e. The fraction of sp³-hybridized carbons (Fsp3) is 0.375. The van der Waals surface area contributed by atoms with Gasteiger partial charge in [-0.2, -0.15) is 0 Å². The molecule has 5 heteroatoms. The Labute approximate surface area is 137 Å². The second kappa shape index (κ2) is 5.44. The molecule has 0 saturated carbocycles. The second-order valence-electron chi connectivity index (χ2n) is 6.29. The number of aryl methyl sites for hydroxylation is 2. The van der Waals surface area contributed by atoms with E-state index in [-0.39, 0.29) is 16.7 Å². The number of aromatic nitrogens is 2. The molecule has 0 atom stereocenters. The molecule has 2 aromatic rings. The minimum absolute atomic E-state index is 0.131. The molecule has 0 aliphatic carbocycles. The van der Waals surface area contributed by atoms with Gasteiger partial charge in [-0.05, 0) is 59.7 Å². The van der Waals surface area contributed by atoms with Crippen molar-refractivity contribution in [2.24, 2.45) is 0 Å². The normalized spacial score (nSPS) is 11.7. The number of hydrogen-bond donors (Lipinski definition) is 2. The first-order valence-electron chi connectivity index (χ1n) is 6.72. The molecule has 0 bridgehead atoms. The van der Waals surface area contributed by atoms with E-state index in [2.05, 4.69) is 9.97 Å². The molecule has 4 nitrogen and oxygen atoms in total. The summed E-state index contributed by atoms with van der Waals surface area (Å²) in [6, 6.07) is 3.67. The van der Waals surface area contributed by atoms with Crippen molar-refractivity contribution >= 4 is 22.6 Å². The molecule has 0 amide bonds. The van der Waals surface area contributed by atoms with E-state index in [4.69, 9.17) is 0 Å². The molecule has 0 saturated heterocycles. The lowest BCUT2D eigenvalue weighted by Gasteiger charge is -2.20. The van der Waals surface area contributed by atoms with E-state index in [1.807, 2.05) is 69.3 Å². The van der Waals surface area contributed by atoms with E-state index < -0.39 is 0 Å². The number of rotatable bonds is 1. The fourth-order valence-electron chi connectivity index (χ4n) is 2.19. The van der Waals surface area contributed by atoms with E-state index in [0.29, 0.717) is 9.39 Å². The summed E-state index contributed by atoms with van der Waals surface area (Å²) in [5.41, 5.74) is 2.79. The Balaban J connectivity index is 2.71. The third kappa shape index (κ3) is 3.12. The van der Waals surface area contributed by atoms with Crippen LogP contribution in [0.3, 0.4) is 0 Å². The molecule has 0 aliphatic heterocycles. The molecule has 0 aliphatic rings. The summed E-state index contributed by atoms with van der Waals surface area (Å²) >= 11 is 2.04. The average molecular weight is 398 g/mol. The number of phenolic OH excluding ortho intramolecular Hbond substituents is 1. The van der Waals surface area contributed by atoms with E-state index in [0.717, 1.165) is 22.4 Å². The summed E-state index contributed by atoms with van der Waals surface area (Å²) in [5.74, 6) is 0.819. The van der Waals surface area contributed by atoms with Crippen LogP contribution in [0, 0.1) is 17.4 Å². The first-order valence-corrected chi connectivity index (χ1v) is 7.80. The zero-order chi connectivity index (χ0) is 15.9. The van der Waals surface area contributed by atoms with Crippen LogP contribution >= 0.6 is 22.6 Å². The van der Waals surface area contributed by atoms with Crippen LogP contribution in [0.1, 0.15) is 37.6 Å². The van der Waals surface area contributed by atoms with Gasteiger partial charge in [0.2, 0.25) is 0 Å². The number of phenols is 1. The number of aromatic amines is 1. The maximum atomic E-state index is 12.2. The predicted octanol–water partition coefficient (Wildman–Crippen LogP) is 3.66. The second-order valence-corrected chi connectivity index (χ2v) is 7.36.